The van der Waals surface area contributed by atoms with Crippen LogP contribution in [0, 0.1) is 5.92 Å². The third kappa shape index (κ3) is 3.81. The first-order valence-corrected chi connectivity index (χ1v) is 7.48. The molecule has 0 spiro atoms. The maximum atomic E-state index is 5.98. The zero-order valence-electron chi connectivity index (χ0n) is 11.8. The average molecular weight is 274 g/mol. The largest absolute Gasteiger partial charge is 0.489 e. The van der Waals surface area contributed by atoms with E-state index in [9.17, 15) is 0 Å². The summed E-state index contributed by atoms with van der Waals surface area (Å²) in [6.45, 7) is 3.81. The van der Waals surface area contributed by atoms with Gasteiger partial charge in [0.1, 0.15) is 11.9 Å². The molecule has 0 unspecified atom stereocenters. The Morgan fingerprint density at radius 3 is 2.95 bits per heavy atom. The van der Waals surface area contributed by atoms with E-state index in [4.69, 9.17) is 9.47 Å². The molecule has 2 aliphatic rings. The number of aromatic nitrogens is 1. The van der Waals surface area contributed by atoms with Gasteiger partial charge < -0.3 is 14.8 Å². The van der Waals surface area contributed by atoms with E-state index in [2.05, 4.69) is 28.5 Å². The molecule has 2 saturated heterocycles. The van der Waals surface area contributed by atoms with E-state index >= 15 is 0 Å². The Morgan fingerprint density at radius 1 is 1.25 bits per heavy atom. The molecule has 4 heteroatoms. The molecule has 0 aromatic carbocycles. The van der Waals surface area contributed by atoms with Gasteiger partial charge in [0.25, 0.3) is 0 Å². The van der Waals surface area contributed by atoms with Crippen LogP contribution in [0.1, 0.15) is 24.8 Å². The van der Waals surface area contributed by atoms with Crippen LogP contribution in [-0.2, 0) is 4.74 Å². The predicted octanol–water partition coefficient (Wildman–Crippen LogP) is 2.26. The van der Waals surface area contributed by atoms with E-state index in [1.54, 1.807) is 6.20 Å². The van der Waals surface area contributed by atoms with Gasteiger partial charge in [-0.3, -0.25) is 4.98 Å². The van der Waals surface area contributed by atoms with Crippen LogP contribution in [0.5, 0.6) is 5.75 Å². The van der Waals surface area contributed by atoms with Crippen LogP contribution in [0.25, 0.3) is 6.08 Å². The van der Waals surface area contributed by atoms with Crippen LogP contribution >= 0.6 is 0 Å². The minimum atomic E-state index is 0.267. The topological polar surface area (TPSA) is 43.4 Å². The Bertz CT molecular complexity index is 450. The summed E-state index contributed by atoms with van der Waals surface area (Å²) < 4.78 is 11.3. The highest BCUT2D eigenvalue weighted by atomic mass is 16.5. The van der Waals surface area contributed by atoms with Crippen molar-refractivity contribution in [3.05, 3.63) is 30.1 Å². The second-order valence-electron chi connectivity index (χ2n) is 5.50. The number of hydrogen-bond acceptors (Lipinski definition) is 4. The molecule has 2 fully saturated rings. The number of pyridine rings is 1. The van der Waals surface area contributed by atoms with Gasteiger partial charge in [0.15, 0.2) is 0 Å². The lowest BCUT2D eigenvalue weighted by molar-refractivity contribution is 0.0254. The first-order valence-electron chi connectivity index (χ1n) is 7.48. The summed E-state index contributed by atoms with van der Waals surface area (Å²) >= 11 is 0. The SMILES string of the molecule is C(=C[C@H]1CCNC1)c1cncc(OC2CCOCC2)c1. The van der Waals surface area contributed by atoms with Gasteiger partial charge >= 0.3 is 0 Å². The summed E-state index contributed by atoms with van der Waals surface area (Å²) in [6, 6.07) is 2.07. The summed E-state index contributed by atoms with van der Waals surface area (Å²) in [5.74, 6) is 1.51. The molecule has 2 aliphatic heterocycles. The third-order valence-corrected chi connectivity index (χ3v) is 3.86. The second-order valence-corrected chi connectivity index (χ2v) is 5.50. The van der Waals surface area contributed by atoms with Gasteiger partial charge in [0.05, 0.1) is 19.4 Å². The maximum Gasteiger partial charge on any atom is 0.138 e. The molecule has 1 atom stereocenters. The Morgan fingerprint density at radius 2 is 2.15 bits per heavy atom. The van der Waals surface area contributed by atoms with Gasteiger partial charge in [-0.2, -0.15) is 0 Å². The third-order valence-electron chi connectivity index (χ3n) is 3.86. The lowest BCUT2D eigenvalue weighted by atomic mass is 10.1. The number of ether oxygens (including phenoxy) is 2. The summed E-state index contributed by atoms with van der Waals surface area (Å²) in [4.78, 5) is 4.27. The first kappa shape index (κ1) is 13.6. The van der Waals surface area contributed by atoms with Gasteiger partial charge in [0.2, 0.25) is 0 Å². The van der Waals surface area contributed by atoms with E-state index in [0.29, 0.717) is 5.92 Å². The summed E-state index contributed by atoms with van der Waals surface area (Å²) in [6.07, 6.45) is 11.5. The molecule has 0 aliphatic carbocycles. The Kier molecular flexibility index (Phi) is 4.66. The van der Waals surface area contributed by atoms with Crippen LogP contribution in [0.2, 0.25) is 0 Å². The molecule has 1 N–H and O–H groups in total. The second kappa shape index (κ2) is 6.86. The van der Waals surface area contributed by atoms with Gasteiger partial charge in [-0.25, -0.2) is 0 Å². The van der Waals surface area contributed by atoms with Crippen molar-refractivity contribution in [2.75, 3.05) is 26.3 Å². The fourth-order valence-electron chi connectivity index (χ4n) is 2.67. The molecule has 3 rings (SSSR count). The molecule has 1 aromatic heterocycles. The molecular formula is C16H22N2O2. The van der Waals surface area contributed by atoms with Gasteiger partial charge in [0, 0.05) is 25.6 Å². The quantitative estimate of drug-likeness (QED) is 0.914. The van der Waals surface area contributed by atoms with E-state index in [0.717, 1.165) is 50.5 Å². The standard InChI is InChI=1S/C16H22N2O2/c1(13-3-6-17-10-13)2-14-9-16(12-18-11-14)20-15-4-7-19-8-5-15/h1-2,9,11-13,15,17H,3-8,10H2/t13-/m0/s1. The molecular weight excluding hydrogens is 252 g/mol. The molecule has 20 heavy (non-hydrogen) atoms. The van der Waals surface area contributed by atoms with Crippen molar-refractivity contribution in [1.82, 2.24) is 10.3 Å². The van der Waals surface area contributed by atoms with Crippen molar-refractivity contribution in [2.24, 2.45) is 5.92 Å². The van der Waals surface area contributed by atoms with Crippen molar-refractivity contribution < 1.29 is 9.47 Å². The summed E-state index contributed by atoms with van der Waals surface area (Å²) in [7, 11) is 0. The Labute approximate surface area is 120 Å². The molecule has 0 amide bonds. The van der Waals surface area contributed by atoms with Gasteiger partial charge in [-0.15, -0.1) is 0 Å². The van der Waals surface area contributed by atoms with E-state index < -0.39 is 0 Å². The Balaban J connectivity index is 1.59. The number of nitrogens with zero attached hydrogens (tertiary/aromatic N) is 1. The Hall–Kier alpha value is -1.39. The minimum absolute atomic E-state index is 0.267. The number of hydrogen-bond donors (Lipinski definition) is 1. The molecule has 0 saturated carbocycles. The number of nitrogens with one attached hydrogen (secondary N) is 1. The highest BCUT2D eigenvalue weighted by molar-refractivity contribution is 5.50. The molecule has 0 bridgehead atoms. The van der Waals surface area contributed by atoms with Crippen LogP contribution in [0.3, 0.4) is 0 Å². The number of rotatable bonds is 4. The molecule has 108 valence electrons. The maximum absolute atomic E-state index is 5.98. The van der Waals surface area contributed by atoms with Crippen LogP contribution < -0.4 is 10.1 Å². The zero-order valence-corrected chi connectivity index (χ0v) is 11.8. The van der Waals surface area contributed by atoms with Crippen molar-refractivity contribution in [3.63, 3.8) is 0 Å². The normalized spacial score (nSPS) is 24.3. The minimum Gasteiger partial charge on any atom is -0.489 e. The van der Waals surface area contributed by atoms with Crippen LogP contribution in [-0.4, -0.2) is 37.4 Å². The van der Waals surface area contributed by atoms with E-state index in [1.165, 1.54) is 6.42 Å². The van der Waals surface area contributed by atoms with Crippen molar-refractivity contribution in [3.8, 4) is 5.75 Å². The highest BCUT2D eigenvalue weighted by Crippen LogP contribution is 2.19. The van der Waals surface area contributed by atoms with Crippen LogP contribution in [0.4, 0.5) is 0 Å². The van der Waals surface area contributed by atoms with Gasteiger partial charge in [-0.1, -0.05) is 12.2 Å². The molecule has 0 radical (unpaired) electrons. The lowest BCUT2D eigenvalue weighted by Crippen LogP contribution is -2.25. The monoisotopic (exact) mass is 274 g/mol. The zero-order chi connectivity index (χ0) is 13.6. The fraction of sp³-hybridized carbons (Fsp3) is 0.562. The van der Waals surface area contributed by atoms with Crippen molar-refractivity contribution in [1.29, 1.82) is 0 Å². The molecule has 3 heterocycles. The van der Waals surface area contributed by atoms with E-state index in [-0.39, 0.29) is 6.10 Å². The summed E-state index contributed by atoms with van der Waals surface area (Å²) in [5, 5.41) is 3.37. The first-order chi connectivity index (χ1) is 9.90. The van der Waals surface area contributed by atoms with Gasteiger partial charge in [-0.05, 0) is 30.5 Å². The fourth-order valence-corrected chi connectivity index (χ4v) is 2.67. The molecule has 1 aromatic rings. The highest BCUT2D eigenvalue weighted by Gasteiger charge is 2.15. The van der Waals surface area contributed by atoms with Crippen LogP contribution in [0.15, 0.2) is 24.5 Å². The molecule has 4 nitrogen and oxygen atoms in total. The smallest absolute Gasteiger partial charge is 0.138 e. The average Bonchev–Trinajstić information content (AvgIpc) is 3.00. The van der Waals surface area contributed by atoms with E-state index in [1.807, 2.05) is 6.20 Å². The van der Waals surface area contributed by atoms with Crippen molar-refractivity contribution >= 4 is 6.08 Å². The summed E-state index contributed by atoms with van der Waals surface area (Å²) in [5.41, 5.74) is 1.11. The predicted molar refractivity (Wildman–Crippen MR) is 78.7 cm³/mol. The van der Waals surface area contributed by atoms with Crippen molar-refractivity contribution in [2.45, 2.75) is 25.4 Å². The lowest BCUT2D eigenvalue weighted by Gasteiger charge is -2.23.